The molecule has 17 heavy (non-hydrogen) atoms. The number of carbonyl (C=O) groups is 1. The van der Waals surface area contributed by atoms with E-state index in [1.807, 2.05) is 0 Å². The molecule has 0 radical (unpaired) electrons. The number of phenolic OH excluding ortho intramolecular Hbond substituents is 1. The van der Waals surface area contributed by atoms with Crippen LogP contribution in [-0.2, 0) is 4.84 Å². The van der Waals surface area contributed by atoms with E-state index in [0.717, 1.165) is 0 Å². The third kappa shape index (κ3) is 2.94. The largest absolute Gasteiger partial charge is 0.508 e. The Morgan fingerprint density at radius 3 is 3.12 bits per heavy atom. The Kier molecular flexibility index (Phi) is 3.20. The van der Waals surface area contributed by atoms with Crippen LogP contribution in [-0.4, -0.2) is 17.2 Å². The number of aromatic hydroxyl groups is 1. The van der Waals surface area contributed by atoms with E-state index in [1.54, 1.807) is 24.3 Å². The molecule has 0 unspecified atom stereocenters. The van der Waals surface area contributed by atoms with Crippen molar-refractivity contribution in [3.63, 3.8) is 0 Å². The first-order valence-corrected chi connectivity index (χ1v) is 4.92. The summed E-state index contributed by atoms with van der Waals surface area (Å²) in [6, 6.07) is 6.08. The van der Waals surface area contributed by atoms with Gasteiger partial charge < -0.3 is 15.3 Å². The lowest BCUT2D eigenvalue weighted by Gasteiger charge is -2.04. The first kappa shape index (κ1) is 10.9. The van der Waals surface area contributed by atoms with Gasteiger partial charge in [0.15, 0.2) is 0 Å². The number of phenols is 1. The van der Waals surface area contributed by atoms with Crippen LogP contribution in [0.4, 0.5) is 0 Å². The van der Waals surface area contributed by atoms with Crippen molar-refractivity contribution in [1.82, 2.24) is 5.32 Å². The minimum Gasteiger partial charge on any atom is -0.508 e. The lowest BCUT2D eigenvalue weighted by molar-refractivity contribution is 0.0965. The maximum absolute atomic E-state index is 11.8. The average Bonchev–Trinajstić information content (AvgIpc) is 2.57. The maximum Gasteiger partial charge on any atom is 0.255 e. The van der Waals surface area contributed by atoms with E-state index in [1.165, 1.54) is 24.6 Å². The summed E-state index contributed by atoms with van der Waals surface area (Å²) in [6.45, 7) is 0. The molecule has 5 heteroatoms. The molecule has 0 aliphatic carbocycles. The van der Waals surface area contributed by atoms with Gasteiger partial charge in [-0.1, -0.05) is 11.2 Å². The molecule has 0 saturated carbocycles. The third-order valence-corrected chi connectivity index (χ3v) is 2.03. The molecule has 1 aliphatic heterocycles. The molecular weight excluding hydrogens is 220 g/mol. The van der Waals surface area contributed by atoms with Crippen molar-refractivity contribution >= 4 is 12.1 Å². The number of hydrogen-bond donors (Lipinski definition) is 2. The smallest absolute Gasteiger partial charge is 0.255 e. The van der Waals surface area contributed by atoms with Crippen molar-refractivity contribution < 1.29 is 14.7 Å². The van der Waals surface area contributed by atoms with Crippen LogP contribution < -0.4 is 5.32 Å². The van der Waals surface area contributed by atoms with Crippen molar-refractivity contribution in [2.75, 3.05) is 0 Å². The fourth-order valence-electron chi connectivity index (χ4n) is 1.27. The van der Waals surface area contributed by atoms with Gasteiger partial charge in [-0.15, -0.1) is 0 Å². The molecule has 0 spiro atoms. The van der Waals surface area contributed by atoms with Crippen molar-refractivity contribution in [3.8, 4) is 5.75 Å². The molecule has 5 nitrogen and oxygen atoms in total. The Morgan fingerprint density at radius 1 is 1.41 bits per heavy atom. The fourth-order valence-corrected chi connectivity index (χ4v) is 1.27. The van der Waals surface area contributed by atoms with Gasteiger partial charge in [-0.3, -0.25) is 4.79 Å². The van der Waals surface area contributed by atoms with Crippen molar-refractivity contribution in [2.45, 2.75) is 0 Å². The molecule has 1 aromatic carbocycles. The second kappa shape index (κ2) is 4.98. The van der Waals surface area contributed by atoms with Gasteiger partial charge in [0.05, 0.1) is 11.9 Å². The molecule has 0 atom stereocenters. The molecule has 1 aromatic rings. The van der Waals surface area contributed by atoms with E-state index < -0.39 is 0 Å². The number of carbonyl (C=O) groups excluding carboxylic acids is 1. The molecule has 0 bridgehead atoms. The Hall–Kier alpha value is -2.56. The van der Waals surface area contributed by atoms with Gasteiger partial charge in [-0.2, -0.15) is 0 Å². The van der Waals surface area contributed by atoms with Crippen LogP contribution in [0.2, 0.25) is 0 Å². The molecule has 0 fully saturated rings. The lowest BCUT2D eigenvalue weighted by Crippen LogP contribution is -2.21. The van der Waals surface area contributed by atoms with Crippen LogP contribution in [0.25, 0.3) is 0 Å². The molecule has 86 valence electrons. The highest BCUT2D eigenvalue weighted by Gasteiger charge is 2.07. The van der Waals surface area contributed by atoms with Crippen LogP contribution >= 0.6 is 0 Å². The number of rotatable bonds is 2. The van der Waals surface area contributed by atoms with E-state index in [-0.39, 0.29) is 11.7 Å². The lowest BCUT2D eigenvalue weighted by atomic mass is 10.2. The summed E-state index contributed by atoms with van der Waals surface area (Å²) in [5.74, 6) is -0.287. The number of amides is 1. The van der Waals surface area contributed by atoms with E-state index >= 15 is 0 Å². The quantitative estimate of drug-likeness (QED) is 0.809. The number of benzene rings is 1. The number of nitrogens with one attached hydrogen (secondary N) is 1. The zero-order chi connectivity index (χ0) is 12.1. The zero-order valence-electron chi connectivity index (χ0n) is 8.83. The highest BCUT2D eigenvalue weighted by Crippen LogP contribution is 2.11. The van der Waals surface area contributed by atoms with Gasteiger partial charge in [0.1, 0.15) is 12.0 Å². The predicted octanol–water partition coefficient (Wildman–Crippen LogP) is 1.54. The predicted molar refractivity (Wildman–Crippen MR) is 62.4 cm³/mol. The van der Waals surface area contributed by atoms with Gasteiger partial charge in [-0.05, 0) is 30.4 Å². The van der Waals surface area contributed by atoms with Crippen LogP contribution in [0.15, 0.2) is 53.5 Å². The molecular formula is C12H10N2O3. The molecule has 1 aliphatic rings. The van der Waals surface area contributed by atoms with E-state index in [0.29, 0.717) is 11.3 Å². The Bertz CT molecular complexity index is 518. The summed E-state index contributed by atoms with van der Waals surface area (Å²) in [4.78, 5) is 16.5. The summed E-state index contributed by atoms with van der Waals surface area (Å²) in [6.07, 6.45) is 6.07. The van der Waals surface area contributed by atoms with Gasteiger partial charge in [0.2, 0.25) is 0 Å². The molecule has 1 heterocycles. The maximum atomic E-state index is 11.8. The molecule has 2 rings (SSSR count). The number of oxime groups is 1. The van der Waals surface area contributed by atoms with Crippen molar-refractivity contribution in [2.24, 2.45) is 5.16 Å². The average molecular weight is 230 g/mol. The number of allylic oxidation sites excluding steroid dienone is 2. The highest BCUT2D eigenvalue weighted by molar-refractivity contribution is 5.96. The molecule has 1 amide bonds. The zero-order valence-corrected chi connectivity index (χ0v) is 8.83. The highest BCUT2D eigenvalue weighted by atomic mass is 16.6. The number of nitrogens with zero attached hydrogens (tertiary/aromatic N) is 1. The Morgan fingerprint density at radius 2 is 2.29 bits per heavy atom. The summed E-state index contributed by atoms with van der Waals surface area (Å²) in [5, 5.41) is 15.4. The monoisotopic (exact) mass is 230 g/mol. The SMILES string of the molecule is O=C(NC1=CON=CC=C1)c1cccc(O)c1. The first-order chi connectivity index (χ1) is 8.25. The summed E-state index contributed by atoms with van der Waals surface area (Å²) in [7, 11) is 0. The molecule has 0 saturated heterocycles. The summed E-state index contributed by atoms with van der Waals surface area (Å²) < 4.78 is 0. The second-order valence-corrected chi connectivity index (χ2v) is 3.30. The van der Waals surface area contributed by atoms with Crippen molar-refractivity contribution in [1.29, 1.82) is 0 Å². The topological polar surface area (TPSA) is 70.9 Å². The van der Waals surface area contributed by atoms with Crippen molar-refractivity contribution in [3.05, 3.63) is 53.9 Å². The van der Waals surface area contributed by atoms with E-state index in [2.05, 4.69) is 10.5 Å². The van der Waals surface area contributed by atoms with Gasteiger partial charge >= 0.3 is 0 Å². The minimum atomic E-state index is -0.331. The van der Waals surface area contributed by atoms with E-state index in [4.69, 9.17) is 4.84 Å². The Balaban J connectivity index is 2.09. The van der Waals surface area contributed by atoms with Crippen LogP contribution in [0.1, 0.15) is 10.4 Å². The standard InChI is InChI=1S/C12H10N2O3/c15-11-5-1-3-9(7-11)12(16)14-10-4-2-6-13-17-8-10/h1-8,15H,(H,14,16). The molecule has 0 aromatic heterocycles. The number of hydrogen-bond acceptors (Lipinski definition) is 4. The first-order valence-electron chi connectivity index (χ1n) is 4.92. The van der Waals surface area contributed by atoms with Gasteiger partial charge in [-0.25, -0.2) is 0 Å². The van der Waals surface area contributed by atoms with Gasteiger partial charge in [0, 0.05) is 5.56 Å². The summed E-state index contributed by atoms with van der Waals surface area (Å²) in [5.41, 5.74) is 0.848. The minimum absolute atomic E-state index is 0.0441. The summed E-state index contributed by atoms with van der Waals surface area (Å²) >= 11 is 0. The fraction of sp³-hybridized carbons (Fsp3) is 0. The van der Waals surface area contributed by atoms with Gasteiger partial charge in [0.25, 0.3) is 5.91 Å². The normalized spacial score (nSPS) is 13.5. The Labute approximate surface area is 97.7 Å². The van der Waals surface area contributed by atoms with E-state index in [9.17, 15) is 9.90 Å². The van der Waals surface area contributed by atoms with Crippen LogP contribution in [0.5, 0.6) is 5.75 Å². The molecule has 2 N–H and O–H groups in total. The van der Waals surface area contributed by atoms with Crippen LogP contribution in [0.3, 0.4) is 0 Å². The third-order valence-electron chi connectivity index (χ3n) is 2.03. The van der Waals surface area contributed by atoms with Crippen LogP contribution in [0, 0.1) is 0 Å². The second-order valence-electron chi connectivity index (χ2n) is 3.30.